The molecule has 1 heterocycles. The van der Waals surface area contributed by atoms with E-state index in [1.165, 1.54) is 30.0 Å². The molecule has 1 aliphatic rings. The second-order valence-electron chi connectivity index (χ2n) is 7.02. The van der Waals surface area contributed by atoms with Gasteiger partial charge in [0.15, 0.2) is 0 Å². The first kappa shape index (κ1) is 21.4. The minimum atomic E-state index is -0.246. The lowest BCUT2D eigenvalue weighted by molar-refractivity contribution is -0.137. The third kappa shape index (κ3) is 6.08. The highest BCUT2D eigenvalue weighted by molar-refractivity contribution is 7.99. The minimum absolute atomic E-state index is 0.165. The van der Waals surface area contributed by atoms with E-state index in [-0.39, 0.29) is 17.9 Å². The number of piperazine rings is 1. The van der Waals surface area contributed by atoms with Gasteiger partial charge in [-0.2, -0.15) is 0 Å². The molecule has 0 radical (unpaired) electrons. The van der Waals surface area contributed by atoms with Crippen LogP contribution in [0.4, 0.5) is 0 Å². The van der Waals surface area contributed by atoms with Gasteiger partial charge in [-0.15, -0.1) is 11.8 Å². The van der Waals surface area contributed by atoms with E-state index in [1.54, 1.807) is 0 Å². The van der Waals surface area contributed by atoms with Crippen molar-refractivity contribution >= 4 is 23.6 Å². The van der Waals surface area contributed by atoms with Gasteiger partial charge in [-0.3, -0.25) is 14.5 Å². The molecule has 29 heavy (non-hydrogen) atoms. The van der Waals surface area contributed by atoms with Crippen molar-refractivity contribution < 1.29 is 14.3 Å². The Labute approximate surface area is 177 Å². The Kier molecular flexibility index (Phi) is 8.14. The molecule has 0 atom stereocenters. The van der Waals surface area contributed by atoms with E-state index >= 15 is 0 Å². The largest absolute Gasteiger partial charge is 0.468 e. The molecule has 5 nitrogen and oxygen atoms in total. The van der Waals surface area contributed by atoms with Crippen molar-refractivity contribution in [2.75, 3.05) is 44.8 Å². The second kappa shape index (κ2) is 11.0. The van der Waals surface area contributed by atoms with Crippen LogP contribution in [0.25, 0.3) is 0 Å². The average molecular weight is 413 g/mol. The van der Waals surface area contributed by atoms with Gasteiger partial charge in [-0.05, 0) is 11.1 Å². The minimum Gasteiger partial charge on any atom is -0.468 e. The fraction of sp³-hybridized carbons (Fsp3) is 0.391. The molecular formula is C23H28N2O3S. The highest BCUT2D eigenvalue weighted by Crippen LogP contribution is 2.29. The molecule has 154 valence electrons. The summed E-state index contributed by atoms with van der Waals surface area (Å²) in [5, 5.41) is 0. The molecule has 6 heteroatoms. The molecule has 1 fully saturated rings. The normalized spacial score (nSPS) is 14.8. The molecule has 0 saturated carbocycles. The number of thioether (sulfide) groups is 1. The van der Waals surface area contributed by atoms with Crippen LogP contribution in [0.5, 0.6) is 0 Å². The van der Waals surface area contributed by atoms with Crippen molar-refractivity contribution in [3.05, 3.63) is 71.8 Å². The van der Waals surface area contributed by atoms with Crippen LogP contribution in [-0.4, -0.2) is 66.5 Å². The number of hydrogen-bond donors (Lipinski definition) is 0. The van der Waals surface area contributed by atoms with Crippen LogP contribution in [-0.2, 0) is 14.3 Å². The van der Waals surface area contributed by atoms with E-state index in [1.807, 2.05) is 17.0 Å². The van der Waals surface area contributed by atoms with E-state index in [9.17, 15) is 9.59 Å². The van der Waals surface area contributed by atoms with Crippen LogP contribution in [0, 0.1) is 0 Å². The summed E-state index contributed by atoms with van der Waals surface area (Å²) in [6, 6.07) is 21.3. The lowest BCUT2D eigenvalue weighted by Gasteiger charge is -2.39. The van der Waals surface area contributed by atoms with Gasteiger partial charge in [-0.25, -0.2) is 0 Å². The molecule has 1 saturated heterocycles. The summed E-state index contributed by atoms with van der Waals surface area (Å²) in [7, 11) is 1.38. The number of methoxy groups -OCH3 is 1. The van der Waals surface area contributed by atoms with Gasteiger partial charge < -0.3 is 9.64 Å². The van der Waals surface area contributed by atoms with Crippen LogP contribution in [0.15, 0.2) is 60.7 Å². The predicted molar refractivity (Wildman–Crippen MR) is 117 cm³/mol. The van der Waals surface area contributed by atoms with E-state index in [0.717, 1.165) is 26.2 Å². The van der Waals surface area contributed by atoms with Crippen LogP contribution in [0.3, 0.4) is 0 Å². The summed E-state index contributed by atoms with van der Waals surface area (Å²) in [4.78, 5) is 28.1. The number of rotatable bonds is 8. The average Bonchev–Trinajstić information content (AvgIpc) is 2.78. The summed E-state index contributed by atoms with van der Waals surface area (Å²) >= 11 is 1.45. The molecule has 3 rings (SSSR count). The maximum absolute atomic E-state index is 12.5. The maximum Gasteiger partial charge on any atom is 0.315 e. The highest BCUT2D eigenvalue weighted by Gasteiger charge is 2.27. The number of benzene rings is 2. The molecule has 0 aromatic heterocycles. The van der Waals surface area contributed by atoms with Gasteiger partial charge in [0.05, 0.1) is 18.9 Å². The van der Waals surface area contributed by atoms with E-state index in [2.05, 4.69) is 58.2 Å². The lowest BCUT2D eigenvalue weighted by Crippen LogP contribution is -2.50. The molecule has 0 bridgehead atoms. The van der Waals surface area contributed by atoms with Gasteiger partial charge in [-0.1, -0.05) is 60.7 Å². The molecule has 2 aromatic carbocycles. The number of hydrogen-bond acceptors (Lipinski definition) is 5. The number of carbonyl (C=O) groups excluding carboxylic acids is 2. The quantitative estimate of drug-likeness (QED) is 0.492. The van der Waals surface area contributed by atoms with Gasteiger partial charge in [0.2, 0.25) is 5.91 Å². The van der Waals surface area contributed by atoms with Gasteiger partial charge in [0, 0.05) is 38.4 Å². The van der Waals surface area contributed by atoms with E-state index < -0.39 is 0 Å². The topological polar surface area (TPSA) is 49.9 Å². The number of amides is 1. The van der Waals surface area contributed by atoms with Gasteiger partial charge in [0.25, 0.3) is 0 Å². The third-order valence-electron chi connectivity index (χ3n) is 5.17. The van der Waals surface area contributed by atoms with Crippen molar-refractivity contribution in [1.29, 1.82) is 0 Å². The molecule has 2 aromatic rings. The Balaban J connectivity index is 1.56. The van der Waals surface area contributed by atoms with Crippen molar-refractivity contribution in [1.82, 2.24) is 9.80 Å². The van der Waals surface area contributed by atoms with Crippen LogP contribution in [0.2, 0.25) is 0 Å². The Morgan fingerprint density at radius 2 is 1.48 bits per heavy atom. The Morgan fingerprint density at radius 3 is 2.00 bits per heavy atom. The molecule has 1 amide bonds. The van der Waals surface area contributed by atoms with Crippen molar-refractivity contribution in [3.8, 4) is 0 Å². The molecule has 0 N–H and O–H groups in total. The zero-order valence-electron chi connectivity index (χ0n) is 16.8. The first-order chi connectivity index (χ1) is 14.2. The summed E-state index contributed by atoms with van der Waals surface area (Å²) in [6.45, 7) is 3.15. The van der Waals surface area contributed by atoms with Crippen LogP contribution >= 0.6 is 11.8 Å². The standard InChI is InChI=1S/C23H28N2O3S/c1-28-22(27)18-29-17-12-21(26)24-13-15-25(16-14-24)23(19-8-4-2-5-9-19)20-10-6-3-7-11-20/h2-11,23H,12-18H2,1H3. The summed E-state index contributed by atoms with van der Waals surface area (Å²) < 4.78 is 4.62. The Morgan fingerprint density at radius 1 is 0.931 bits per heavy atom. The predicted octanol–water partition coefficient (Wildman–Crippen LogP) is 3.22. The summed E-state index contributed by atoms with van der Waals surface area (Å²) in [5.74, 6) is 0.861. The van der Waals surface area contributed by atoms with Gasteiger partial charge >= 0.3 is 5.97 Å². The van der Waals surface area contributed by atoms with Gasteiger partial charge in [0.1, 0.15) is 0 Å². The smallest absolute Gasteiger partial charge is 0.315 e. The molecule has 0 aliphatic carbocycles. The molecule has 0 unspecified atom stereocenters. The first-order valence-electron chi connectivity index (χ1n) is 9.95. The molecular weight excluding hydrogens is 384 g/mol. The fourth-order valence-corrected chi connectivity index (χ4v) is 4.39. The van der Waals surface area contributed by atoms with Crippen LogP contribution in [0.1, 0.15) is 23.6 Å². The first-order valence-corrected chi connectivity index (χ1v) is 11.1. The fourth-order valence-electron chi connectivity index (χ4n) is 3.65. The number of esters is 1. The van der Waals surface area contributed by atoms with E-state index in [4.69, 9.17) is 0 Å². The number of ether oxygens (including phenoxy) is 1. The van der Waals surface area contributed by atoms with Crippen LogP contribution < -0.4 is 0 Å². The molecule has 1 aliphatic heterocycles. The monoisotopic (exact) mass is 412 g/mol. The van der Waals surface area contributed by atoms with E-state index in [0.29, 0.717) is 17.9 Å². The number of nitrogens with zero attached hydrogens (tertiary/aromatic N) is 2. The third-order valence-corrected chi connectivity index (χ3v) is 6.10. The summed E-state index contributed by atoms with van der Waals surface area (Å²) in [6.07, 6.45) is 0.461. The Bertz CT molecular complexity index is 738. The van der Waals surface area contributed by atoms with Crippen molar-refractivity contribution in [3.63, 3.8) is 0 Å². The second-order valence-corrected chi connectivity index (χ2v) is 8.12. The number of carbonyl (C=O) groups is 2. The SMILES string of the molecule is COC(=O)CSCCC(=O)N1CCN(C(c2ccccc2)c2ccccc2)CC1. The van der Waals surface area contributed by atoms with Crippen molar-refractivity contribution in [2.24, 2.45) is 0 Å². The maximum atomic E-state index is 12.5. The zero-order chi connectivity index (χ0) is 20.5. The summed E-state index contributed by atoms with van der Waals surface area (Å²) in [5.41, 5.74) is 2.55. The molecule has 0 spiro atoms. The lowest BCUT2D eigenvalue weighted by atomic mass is 9.96. The zero-order valence-corrected chi connectivity index (χ0v) is 17.6. The Hall–Kier alpha value is -2.31. The van der Waals surface area contributed by atoms with Crippen molar-refractivity contribution in [2.45, 2.75) is 12.5 Å². The highest BCUT2D eigenvalue weighted by atomic mass is 32.2.